The summed E-state index contributed by atoms with van der Waals surface area (Å²) in [4.78, 5) is 11.9. The molecule has 106 valence electrons. The van der Waals surface area contributed by atoms with Crippen molar-refractivity contribution in [1.82, 2.24) is 10.2 Å². The monoisotopic (exact) mass is 329 g/mol. The molecule has 0 radical (unpaired) electrons. The van der Waals surface area contributed by atoms with Crippen LogP contribution in [0.25, 0.3) is 0 Å². The van der Waals surface area contributed by atoms with Crippen molar-refractivity contribution < 1.29 is 9.53 Å². The Kier molecular flexibility index (Phi) is 5.22. The fourth-order valence-corrected chi connectivity index (χ4v) is 3.59. The molecule has 0 fully saturated rings. The number of methoxy groups -OCH3 is 1. The highest BCUT2D eigenvalue weighted by Gasteiger charge is 2.23. The largest absolute Gasteiger partial charge is 0.468 e. The van der Waals surface area contributed by atoms with Gasteiger partial charge in [0.15, 0.2) is 4.34 Å². The molecule has 0 aliphatic heterocycles. The summed E-state index contributed by atoms with van der Waals surface area (Å²) in [7, 11) is 1.37. The van der Waals surface area contributed by atoms with Crippen LogP contribution >= 0.6 is 34.7 Å². The fraction of sp³-hybridized carbons (Fsp3) is 0.250. The van der Waals surface area contributed by atoms with Gasteiger partial charge < -0.3 is 10.5 Å². The standard InChI is InChI=1S/C12H12ClN3O2S2/c1-18-10(17)9(19-12-16-15-11(14)20-12)6-7-2-4-8(13)5-3-7/h2-5,9H,6H2,1H3,(H2,14,15)/t9-/m1/s1. The lowest BCUT2D eigenvalue weighted by Gasteiger charge is -2.12. The molecule has 1 aromatic heterocycles. The van der Waals surface area contributed by atoms with Crippen LogP contribution in [-0.2, 0) is 16.0 Å². The minimum atomic E-state index is -0.395. The first-order valence-corrected chi connectivity index (χ1v) is 7.74. The summed E-state index contributed by atoms with van der Waals surface area (Å²) in [6.07, 6.45) is 0.522. The molecular weight excluding hydrogens is 318 g/mol. The van der Waals surface area contributed by atoms with Crippen molar-refractivity contribution in [1.29, 1.82) is 0 Å². The molecule has 2 aromatic rings. The van der Waals surface area contributed by atoms with Crippen molar-refractivity contribution in [2.75, 3.05) is 12.8 Å². The highest BCUT2D eigenvalue weighted by atomic mass is 35.5. The van der Waals surface area contributed by atoms with E-state index in [0.29, 0.717) is 20.9 Å². The van der Waals surface area contributed by atoms with Crippen LogP contribution in [0, 0.1) is 0 Å². The lowest BCUT2D eigenvalue weighted by atomic mass is 10.1. The first kappa shape index (κ1) is 15.1. The molecule has 0 bridgehead atoms. The molecule has 2 rings (SSSR count). The summed E-state index contributed by atoms with van der Waals surface area (Å²) in [5.74, 6) is -0.307. The second-order valence-electron chi connectivity index (χ2n) is 3.87. The van der Waals surface area contributed by atoms with Gasteiger partial charge in [-0.15, -0.1) is 10.2 Å². The van der Waals surface area contributed by atoms with Gasteiger partial charge >= 0.3 is 5.97 Å². The van der Waals surface area contributed by atoms with E-state index in [0.717, 1.165) is 5.56 Å². The van der Waals surface area contributed by atoms with Crippen LogP contribution in [0.2, 0.25) is 5.02 Å². The first-order chi connectivity index (χ1) is 9.58. The van der Waals surface area contributed by atoms with E-state index in [1.807, 2.05) is 12.1 Å². The quantitative estimate of drug-likeness (QED) is 0.671. The fourth-order valence-electron chi connectivity index (χ4n) is 1.53. The number of ether oxygens (including phenoxy) is 1. The van der Waals surface area contributed by atoms with E-state index in [-0.39, 0.29) is 5.97 Å². The van der Waals surface area contributed by atoms with Gasteiger partial charge in [-0.05, 0) is 24.1 Å². The van der Waals surface area contributed by atoms with E-state index in [9.17, 15) is 4.79 Å². The Hall–Kier alpha value is -1.31. The maximum absolute atomic E-state index is 11.9. The van der Waals surface area contributed by atoms with Crippen LogP contribution in [0.15, 0.2) is 28.6 Å². The minimum Gasteiger partial charge on any atom is -0.468 e. The number of hydrogen-bond acceptors (Lipinski definition) is 7. The topological polar surface area (TPSA) is 78.1 Å². The lowest BCUT2D eigenvalue weighted by molar-refractivity contribution is -0.139. The molecular formula is C12H12ClN3O2S2. The van der Waals surface area contributed by atoms with E-state index >= 15 is 0 Å². The maximum Gasteiger partial charge on any atom is 0.319 e. The third-order valence-corrected chi connectivity index (χ3v) is 4.73. The third-order valence-electron chi connectivity index (χ3n) is 2.46. The Labute approximate surface area is 129 Å². The minimum absolute atomic E-state index is 0.307. The number of esters is 1. The van der Waals surface area contributed by atoms with E-state index in [1.54, 1.807) is 12.1 Å². The predicted octanol–water partition coefficient (Wildman–Crippen LogP) is 2.65. The third kappa shape index (κ3) is 4.09. The van der Waals surface area contributed by atoms with Crippen molar-refractivity contribution >= 4 is 45.8 Å². The van der Waals surface area contributed by atoms with E-state index in [2.05, 4.69) is 10.2 Å². The average molecular weight is 330 g/mol. The second kappa shape index (κ2) is 6.92. The number of carbonyl (C=O) groups is 1. The number of nitrogen functional groups attached to an aromatic ring is 1. The summed E-state index contributed by atoms with van der Waals surface area (Å²) in [6, 6.07) is 7.35. The number of aromatic nitrogens is 2. The average Bonchev–Trinajstić information content (AvgIpc) is 2.85. The van der Waals surface area contributed by atoms with Crippen molar-refractivity contribution in [3.8, 4) is 0 Å². The predicted molar refractivity (Wildman–Crippen MR) is 81.1 cm³/mol. The molecule has 1 heterocycles. The molecule has 0 saturated heterocycles. The number of benzene rings is 1. The Morgan fingerprint density at radius 2 is 2.15 bits per heavy atom. The SMILES string of the molecule is COC(=O)[C@@H](Cc1ccc(Cl)cc1)Sc1nnc(N)s1. The zero-order chi connectivity index (χ0) is 14.5. The molecule has 5 nitrogen and oxygen atoms in total. The second-order valence-corrected chi connectivity index (χ2v) is 6.76. The van der Waals surface area contributed by atoms with Gasteiger partial charge in [0, 0.05) is 5.02 Å². The van der Waals surface area contributed by atoms with Crippen LogP contribution in [0.4, 0.5) is 5.13 Å². The Bertz CT molecular complexity index is 589. The van der Waals surface area contributed by atoms with Gasteiger partial charge in [0.25, 0.3) is 0 Å². The molecule has 0 unspecified atom stereocenters. The van der Waals surface area contributed by atoms with Crippen molar-refractivity contribution in [3.63, 3.8) is 0 Å². The van der Waals surface area contributed by atoms with Gasteiger partial charge in [0.2, 0.25) is 5.13 Å². The number of halogens is 1. The van der Waals surface area contributed by atoms with E-state index < -0.39 is 5.25 Å². The molecule has 0 amide bonds. The molecule has 1 atom stereocenters. The van der Waals surface area contributed by atoms with Gasteiger partial charge in [-0.25, -0.2) is 0 Å². The van der Waals surface area contributed by atoms with Crippen molar-refractivity contribution in [2.45, 2.75) is 16.0 Å². The van der Waals surface area contributed by atoms with Gasteiger partial charge in [-0.2, -0.15) is 0 Å². The summed E-state index contributed by atoms with van der Waals surface area (Å²) >= 11 is 8.39. The van der Waals surface area contributed by atoms with Crippen LogP contribution in [0.5, 0.6) is 0 Å². The van der Waals surface area contributed by atoms with Crippen molar-refractivity contribution in [3.05, 3.63) is 34.9 Å². The molecule has 20 heavy (non-hydrogen) atoms. The number of hydrogen-bond donors (Lipinski definition) is 1. The smallest absolute Gasteiger partial charge is 0.319 e. The van der Waals surface area contributed by atoms with Crippen molar-refractivity contribution in [2.24, 2.45) is 0 Å². The molecule has 0 saturated carbocycles. The summed E-state index contributed by atoms with van der Waals surface area (Å²) < 4.78 is 5.47. The van der Waals surface area contributed by atoms with Gasteiger partial charge in [0.05, 0.1) is 7.11 Å². The van der Waals surface area contributed by atoms with Crippen LogP contribution < -0.4 is 5.73 Å². The Morgan fingerprint density at radius 1 is 1.45 bits per heavy atom. The Morgan fingerprint density at radius 3 is 2.70 bits per heavy atom. The van der Waals surface area contributed by atoms with Gasteiger partial charge in [-0.1, -0.05) is 46.8 Å². The summed E-state index contributed by atoms with van der Waals surface area (Å²) in [6.45, 7) is 0. The molecule has 0 spiro atoms. The summed E-state index contributed by atoms with van der Waals surface area (Å²) in [5.41, 5.74) is 6.53. The number of rotatable bonds is 5. The zero-order valence-electron chi connectivity index (χ0n) is 10.6. The molecule has 2 N–H and O–H groups in total. The molecule has 1 aromatic carbocycles. The highest BCUT2D eigenvalue weighted by Crippen LogP contribution is 2.30. The molecule has 0 aliphatic carbocycles. The zero-order valence-corrected chi connectivity index (χ0v) is 13.0. The normalized spacial score (nSPS) is 12.1. The highest BCUT2D eigenvalue weighted by molar-refractivity contribution is 8.02. The van der Waals surface area contributed by atoms with Gasteiger partial charge in [0.1, 0.15) is 5.25 Å². The molecule has 8 heteroatoms. The maximum atomic E-state index is 11.9. The van der Waals surface area contributed by atoms with E-state index in [4.69, 9.17) is 22.1 Å². The number of carbonyl (C=O) groups excluding carboxylic acids is 1. The summed E-state index contributed by atoms with van der Waals surface area (Å²) in [5, 5.41) is 8.28. The molecule has 0 aliphatic rings. The number of nitrogens with two attached hydrogens (primary N) is 1. The van der Waals surface area contributed by atoms with Crippen LogP contribution in [0.1, 0.15) is 5.56 Å². The van der Waals surface area contributed by atoms with Crippen LogP contribution in [-0.4, -0.2) is 28.5 Å². The van der Waals surface area contributed by atoms with Gasteiger partial charge in [-0.3, -0.25) is 4.79 Å². The lowest BCUT2D eigenvalue weighted by Crippen LogP contribution is -2.21. The number of anilines is 1. The van der Waals surface area contributed by atoms with E-state index in [1.165, 1.54) is 30.2 Å². The first-order valence-electron chi connectivity index (χ1n) is 5.66. The number of nitrogens with zero attached hydrogens (tertiary/aromatic N) is 2. The number of thioether (sulfide) groups is 1. The Balaban J connectivity index is 2.11. The van der Waals surface area contributed by atoms with Crippen LogP contribution in [0.3, 0.4) is 0 Å².